The van der Waals surface area contributed by atoms with E-state index in [4.69, 9.17) is 11.6 Å². The first-order chi connectivity index (χ1) is 9.66. The van der Waals surface area contributed by atoms with Crippen LogP contribution < -0.4 is 5.32 Å². The summed E-state index contributed by atoms with van der Waals surface area (Å²) < 4.78 is 0. The molecule has 1 aromatic heterocycles. The lowest BCUT2D eigenvalue weighted by atomic mass is 9.81. The van der Waals surface area contributed by atoms with Gasteiger partial charge >= 0.3 is 5.97 Å². The Hall–Kier alpha value is -1.52. The summed E-state index contributed by atoms with van der Waals surface area (Å²) >= 11 is 7.84. The van der Waals surface area contributed by atoms with Crippen molar-refractivity contribution in [2.45, 2.75) is 12.3 Å². The van der Waals surface area contributed by atoms with Crippen molar-refractivity contribution in [2.75, 3.05) is 11.9 Å². The van der Waals surface area contributed by atoms with Gasteiger partial charge in [0, 0.05) is 11.6 Å². The van der Waals surface area contributed by atoms with Crippen LogP contribution in [0.1, 0.15) is 17.0 Å². The summed E-state index contributed by atoms with van der Waals surface area (Å²) in [5.41, 5.74) is 1.90. The zero-order valence-corrected chi connectivity index (χ0v) is 12.2. The van der Waals surface area contributed by atoms with Crippen LogP contribution in [0.25, 0.3) is 0 Å². The normalized spacial score (nSPS) is 18.9. The molecule has 0 radical (unpaired) electrons. The Kier molecular flexibility index (Phi) is 3.68. The lowest BCUT2D eigenvalue weighted by Crippen LogP contribution is -2.32. The maximum atomic E-state index is 11.7. The fourth-order valence-electron chi connectivity index (χ4n) is 2.78. The Balaban J connectivity index is 1.93. The topological polar surface area (TPSA) is 49.3 Å². The van der Waals surface area contributed by atoms with Crippen LogP contribution in [-0.2, 0) is 11.2 Å². The van der Waals surface area contributed by atoms with Gasteiger partial charge < -0.3 is 10.4 Å². The van der Waals surface area contributed by atoms with E-state index in [-0.39, 0.29) is 5.92 Å². The van der Waals surface area contributed by atoms with Crippen LogP contribution in [0.2, 0.25) is 5.02 Å². The predicted molar refractivity (Wildman–Crippen MR) is 81.8 cm³/mol. The first-order valence-corrected chi connectivity index (χ1v) is 7.70. The Bertz CT molecular complexity index is 640. The van der Waals surface area contributed by atoms with Crippen LogP contribution in [0.4, 0.5) is 5.00 Å². The van der Waals surface area contributed by atoms with Gasteiger partial charge in [-0.15, -0.1) is 11.3 Å². The molecular weight excluding hydrogens is 294 g/mol. The second-order valence-electron chi connectivity index (χ2n) is 4.96. The molecule has 2 unspecified atom stereocenters. The quantitative estimate of drug-likeness (QED) is 0.905. The summed E-state index contributed by atoms with van der Waals surface area (Å²) in [5.74, 6) is -1.39. The molecular formula is C15H14ClNO2S. The third kappa shape index (κ3) is 2.41. The van der Waals surface area contributed by atoms with Crippen molar-refractivity contribution in [1.82, 2.24) is 0 Å². The average Bonchev–Trinajstić information content (AvgIpc) is 2.88. The monoisotopic (exact) mass is 307 g/mol. The first-order valence-electron chi connectivity index (χ1n) is 6.44. The van der Waals surface area contributed by atoms with Gasteiger partial charge in [-0.1, -0.05) is 29.8 Å². The molecule has 1 aliphatic rings. The zero-order valence-electron chi connectivity index (χ0n) is 10.7. The van der Waals surface area contributed by atoms with E-state index in [1.54, 1.807) is 17.4 Å². The van der Waals surface area contributed by atoms with Gasteiger partial charge in [-0.05, 0) is 41.0 Å². The van der Waals surface area contributed by atoms with E-state index < -0.39 is 11.9 Å². The molecule has 2 N–H and O–H groups in total. The van der Waals surface area contributed by atoms with Gasteiger partial charge in [0.15, 0.2) is 0 Å². The van der Waals surface area contributed by atoms with Crippen molar-refractivity contribution < 1.29 is 9.90 Å². The Morgan fingerprint density at radius 1 is 1.40 bits per heavy atom. The standard InChI is InChI=1S/C15H14ClNO2S/c16-12-4-2-1-3-11(12)13(15(18)19)10-7-9-5-6-20-14(9)17-8-10/h1-6,10,13,17H,7-8H2,(H,18,19). The molecule has 1 aliphatic heterocycles. The first kappa shape index (κ1) is 13.5. The highest BCUT2D eigenvalue weighted by Gasteiger charge is 2.34. The van der Waals surface area contributed by atoms with Crippen molar-refractivity contribution in [3.63, 3.8) is 0 Å². The number of thiophene rings is 1. The number of nitrogens with one attached hydrogen (secondary N) is 1. The molecule has 5 heteroatoms. The summed E-state index contributed by atoms with van der Waals surface area (Å²) in [6.07, 6.45) is 0.772. The molecule has 0 aliphatic carbocycles. The molecule has 1 aromatic carbocycles. The SMILES string of the molecule is O=C(O)C(c1ccccc1Cl)C1CNc2sccc2C1. The minimum absolute atomic E-state index is 0.00880. The molecule has 104 valence electrons. The predicted octanol–water partition coefficient (Wildman–Crippen LogP) is 3.85. The molecule has 0 saturated carbocycles. The van der Waals surface area contributed by atoms with E-state index in [0.717, 1.165) is 11.4 Å². The number of carboxylic acid groups (broad SMARTS) is 1. The van der Waals surface area contributed by atoms with Crippen LogP contribution in [0, 0.1) is 5.92 Å². The Labute approximate surface area is 126 Å². The average molecular weight is 308 g/mol. The highest BCUT2D eigenvalue weighted by Crippen LogP contribution is 2.38. The van der Waals surface area contributed by atoms with Crippen LogP contribution >= 0.6 is 22.9 Å². The van der Waals surface area contributed by atoms with Crippen molar-refractivity contribution >= 4 is 33.9 Å². The van der Waals surface area contributed by atoms with E-state index in [1.165, 1.54) is 5.56 Å². The fraction of sp³-hybridized carbons (Fsp3) is 0.267. The van der Waals surface area contributed by atoms with Gasteiger partial charge in [0.1, 0.15) is 0 Å². The number of rotatable bonds is 3. The Morgan fingerprint density at radius 2 is 2.20 bits per heavy atom. The number of benzene rings is 1. The van der Waals surface area contributed by atoms with E-state index in [9.17, 15) is 9.90 Å². The molecule has 2 aromatic rings. The fourth-order valence-corrected chi connectivity index (χ4v) is 3.87. The molecule has 2 heterocycles. The molecule has 0 fully saturated rings. The highest BCUT2D eigenvalue weighted by atomic mass is 35.5. The highest BCUT2D eigenvalue weighted by molar-refractivity contribution is 7.14. The number of carbonyl (C=O) groups is 1. The number of aliphatic carboxylic acids is 1. The second kappa shape index (κ2) is 5.46. The molecule has 20 heavy (non-hydrogen) atoms. The van der Waals surface area contributed by atoms with Gasteiger partial charge in [-0.2, -0.15) is 0 Å². The zero-order chi connectivity index (χ0) is 14.1. The number of hydrogen-bond acceptors (Lipinski definition) is 3. The van der Waals surface area contributed by atoms with Crippen LogP contribution in [-0.4, -0.2) is 17.6 Å². The number of fused-ring (bicyclic) bond motifs is 1. The van der Waals surface area contributed by atoms with Gasteiger partial charge in [0.2, 0.25) is 0 Å². The van der Waals surface area contributed by atoms with Crippen molar-refractivity contribution in [3.05, 3.63) is 51.9 Å². The van der Waals surface area contributed by atoms with Crippen LogP contribution in [0.3, 0.4) is 0 Å². The van der Waals surface area contributed by atoms with Crippen LogP contribution in [0.5, 0.6) is 0 Å². The number of anilines is 1. The molecule has 3 nitrogen and oxygen atoms in total. The molecule has 0 bridgehead atoms. The third-order valence-corrected chi connectivity index (χ3v) is 4.99. The molecule has 2 atom stereocenters. The van der Waals surface area contributed by atoms with E-state index >= 15 is 0 Å². The van der Waals surface area contributed by atoms with Gasteiger partial charge in [0.05, 0.1) is 10.9 Å². The summed E-state index contributed by atoms with van der Waals surface area (Å²) in [4.78, 5) is 11.7. The lowest BCUT2D eigenvalue weighted by Gasteiger charge is -2.29. The van der Waals surface area contributed by atoms with Crippen molar-refractivity contribution in [2.24, 2.45) is 5.92 Å². The van der Waals surface area contributed by atoms with Gasteiger partial charge in [-0.25, -0.2) is 0 Å². The van der Waals surface area contributed by atoms with E-state index in [1.807, 2.05) is 23.6 Å². The molecule has 0 spiro atoms. The molecule has 0 amide bonds. The summed E-state index contributed by atoms with van der Waals surface area (Å²) in [5, 5.41) is 16.7. The third-order valence-electron chi connectivity index (χ3n) is 3.73. The minimum Gasteiger partial charge on any atom is -0.481 e. The van der Waals surface area contributed by atoms with Crippen molar-refractivity contribution in [3.8, 4) is 0 Å². The molecule has 3 rings (SSSR count). The Morgan fingerprint density at radius 3 is 2.95 bits per heavy atom. The maximum absolute atomic E-state index is 11.7. The van der Waals surface area contributed by atoms with Gasteiger partial charge in [-0.3, -0.25) is 4.79 Å². The number of hydrogen-bond donors (Lipinski definition) is 2. The van der Waals surface area contributed by atoms with Crippen molar-refractivity contribution in [1.29, 1.82) is 0 Å². The van der Waals surface area contributed by atoms with Gasteiger partial charge in [0.25, 0.3) is 0 Å². The van der Waals surface area contributed by atoms with Crippen LogP contribution in [0.15, 0.2) is 35.7 Å². The second-order valence-corrected chi connectivity index (χ2v) is 6.28. The lowest BCUT2D eigenvalue weighted by molar-refractivity contribution is -0.140. The summed E-state index contributed by atoms with van der Waals surface area (Å²) in [7, 11) is 0. The minimum atomic E-state index is -0.816. The number of halogens is 1. The largest absolute Gasteiger partial charge is 0.481 e. The number of carboxylic acids is 1. The molecule has 0 saturated heterocycles. The van der Waals surface area contributed by atoms with E-state index in [0.29, 0.717) is 17.1 Å². The summed E-state index contributed by atoms with van der Waals surface area (Å²) in [6, 6.07) is 9.28. The van der Waals surface area contributed by atoms with E-state index in [2.05, 4.69) is 11.4 Å². The smallest absolute Gasteiger partial charge is 0.311 e. The summed E-state index contributed by atoms with van der Waals surface area (Å²) in [6.45, 7) is 0.662. The maximum Gasteiger partial charge on any atom is 0.311 e.